The van der Waals surface area contributed by atoms with Crippen molar-refractivity contribution in [3.63, 3.8) is 0 Å². The number of halogens is 2. The molecule has 1 aliphatic heterocycles. The fourth-order valence-electron chi connectivity index (χ4n) is 2.94. The number of likely N-dealkylation sites (tertiary alicyclic amines) is 1. The molecule has 1 aromatic carbocycles. The van der Waals surface area contributed by atoms with Crippen LogP contribution in [0, 0.1) is 17.6 Å². The summed E-state index contributed by atoms with van der Waals surface area (Å²) in [4.78, 5) is 17.9. The zero-order valence-electron chi connectivity index (χ0n) is 15.2. The van der Waals surface area contributed by atoms with Gasteiger partial charge in [0, 0.05) is 39.7 Å². The molecule has 1 heterocycles. The van der Waals surface area contributed by atoms with Crippen LogP contribution in [0.2, 0.25) is 0 Å². The fraction of sp³-hybridized carbons (Fsp3) is 0.556. The highest BCUT2D eigenvalue weighted by Crippen LogP contribution is 2.20. The number of nitrogens with one attached hydrogen (secondary N) is 2. The summed E-state index contributed by atoms with van der Waals surface area (Å²) in [7, 11) is 3.38. The molecule has 1 aliphatic rings. The summed E-state index contributed by atoms with van der Waals surface area (Å²) in [6.45, 7) is 2.47. The zero-order valence-corrected chi connectivity index (χ0v) is 15.2. The van der Waals surface area contributed by atoms with E-state index in [2.05, 4.69) is 20.5 Å². The maximum Gasteiger partial charge on any atom is 0.220 e. The first-order chi connectivity index (χ1) is 12.5. The van der Waals surface area contributed by atoms with E-state index < -0.39 is 11.6 Å². The van der Waals surface area contributed by atoms with Crippen molar-refractivity contribution in [2.24, 2.45) is 10.9 Å². The number of piperidine rings is 1. The van der Waals surface area contributed by atoms with Gasteiger partial charge in [0.25, 0.3) is 0 Å². The van der Waals surface area contributed by atoms with Crippen LogP contribution in [0.4, 0.5) is 8.78 Å². The van der Waals surface area contributed by atoms with Gasteiger partial charge in [0.2, 0.25) is 5.91 Å². The third kappa shape index (κ3) is 5.86. The summed E-state index contributed by atoms with van der Waals surface area (Å²) in [5.74, 6) is -0.268. The number of nitrogens with zero attached hydrogens (tertiary/aromatic N) is 2. The molecule has 0 atom stereocenters. The molecule has 8 heteroatoms. The van der Waals surface area contributed by atoms with Gasteiger partial charge in [-0.25, -0.2) is 8.78 Å². The van der Waals surface area contributed by atoms with Crippen LogP contribution in [0.5, 0.6) is 5.75 Å². The number of carbonyl (C=O) groups is 1. The first kappa shape index (κ1) is 19.9. The molecule has 2 N–H and O–H groups in total. The summed E-state index contributed by atoms with van der Waals surface area (Å²) in [5, 5.41) is 5.87. The Morgan fingerprint density at radius 2 is 2.04 bits per heavy atom. The number of hydrogen-bond donors (Lipinski definition) is 2. The molecular weight excluding hydrogens is 342 g/mol. The molecule has 26 heavy (non-hydrogen) atoms. The smallest absolute Gasteiger partial charge is 0.220 e. The van der Waals surface area contributed by atoms with Gasteiger partial charge >= 0.3 is 0 Å². The summed E-state index contributed by atoms with van der Waals surface area (Å²) in [6, 6.07) is 3.46. The number of ether oxygens (including phenoxy) is 1. The Kier molecular flexibility index (Phi) is 7.62. The number of rotatable bonds is 6. The van der Waals surface area contributed by atoms with E-state index >= 15 is 0 Å². The van der Waals surface area contributed by atoms with Gasteiger partial charge < -0.3 is 20.3 Å². The SMILES string of the molecule is CN=C(NCCOc1ccc(F)c(F)c1)N1CCC(CC(=O)NC)CC1. The lowest BCUT2D eigenvalue weighted by Gasteiger charge is -2.34. The Hall–Kier alpha value is -2.38. The van der Waals surface area contributed by atoms with Crippen molar-refractivity contribution >= 4 is 11.9 Å². The summed E-state index contributed by atoms with van der Waals surface area (Å²) in [5.41, 5.74) is 0. The van der Waals surface area contributed by atoms with E-state index in [1.807, 2.05) is 0 Å². The first-order valence-corrected chi connectivity index (χ1v) is 8.77. The fourth-order valence-corrected chi connectivity index (χ4v) is 2.94. The van der Waals surface area contributed by atoms with E-state index in [1.165, 1.54) is 6.07 Å². The number of aliphatic imine (C=N–C) groups is 1. The summed E-state index contributed by atoms with van der Waals surface area (Å²) in [6.07, 6.45) is 2.46. The summed E-state index contributed by atoms with van der Waals surface area (Å²) < 4.78 is 31.4. The second-order valence-electron chi connectivity index (χ2n) is 6.21. The summed E-state index contributed by atoms with van der Waals surface area (Å²) >= 11 is 0. The van der Waals surface area contributed by atoms with Crippen LogP contribution >= 0.6 is 0 Å². The minimum atomic E-state index is -0.925. The Morgan fingerprint density at radius 3 is 2.65 bits per heavy atom. The standard InChI is InChI=1S/C18H26F2N4O2/c1-21-17(25)11-13-5-8-24(9-6-13)18(22-2)23-7-10-26-14-3-4-15(19)16(20)12-14/h3-4,12-13H,5-11H2,1-2H3,(H,21,25)(H,22,23). The number of amides is 1. The Balaban J connectivity index is 1.71. The van der Waals surface area contributed by atoms with Gasteiger partial charge in [-0.2, -0.15) is 0 Å². The molecule has 0 spiro atoms. The number of guanidine groups is 1. The van der Waals surface area contributed by atoms with Gasteiger partial charge in [-0.15, -0.1) is 0 Å². The van der Waals surface area contributed by atoms with Crippen molar-refractivity contribution in [1.82, 2.24) is 15.5 Å². The Labute approximate surface area is 152 Å². The molecule has 0 saturated carbocycles. The number of hydrogen-bond acceptors (Lipinski definition) is 3. The number of benzene rings is 1. The van der Waals surface area contributed by atoms with E-state index in [1.54, 1.807) is 14.1 Å². The molecule has 0 unspecified atom stereocenters. The molecule has 1 saturated heterocycles. The first-order valence-electron chi connectivity index (χ1n) is 8.77. The lowest BCUT2D eigenvalue weighted by Crippen LogP contribution is -2.46. The largest absolute Gasteiger partial charge is 0.492 e. The van der Waals surface area contributed by atoms with E-state index in [0.717, 1.165) is 44.0 Å². The molecule has 1 aromatic rings. The van der Waals surface area contributed by atoms with Gasteiger partial charge in [-0.05, 0) is 30.9 Å². The number of carbonyl (C=O) groups excluding carboxylic acids is 1. The van der Waals surface area contributed by atoms with Crippen LogP contribution < -0.4 is 15.4 Å². The van der Waals surface area contributed by atoms with Crippen LogP contribution in [0.3, 0.4) is 0 Å². The molecule has 1 amide bonds. The van der Waals surface area contributed by atoms with Gasteiger partial charge in [-0.3, -0.25) is 9.79 Å². The lowest BCUT2D eigenvalue weighted by molar-refractivity contribution is -0.121. The van der Waals surface area contributed by atoms with E-state index in [0.29, 0.717) is 25.5 Å². The molecular formula is C18H26F2N4O2. The van der Waals surface area contributed by atoms with Gasteiger partial charge in [-0.1, -0.05) is 0 Å². The normalized spacial score (nSPS) is 15.7. The monoisotopic (exact) mass is 368 g/mol. The Bertz CT molecular complexity index is 632. The predicted octanol–water partition coefficient (Wildman–Crippen LogP) is 1.77. The van der Waals surface area contributed by atoms with Crippen molar-refractivity contribution in [3.8, 4) is 5.75 Å². The second-order valence-corrected chi connectivity index (χ2v) is 6.21. The van der Waals surface area contributed by atoms with Crippen LogP contribution in [-0.4, -0.2) is 57.1 Å². The van der Waals surface area contributed by atoms with E-state index in [-0.39, 0.29) is 11.7 Å². The zero-order chi connectivity index (χ0) is 18.9. The van der Waals surface area contributed by atoms with Gasteiger partial charge in [0.1, 0.15) is 12.4 Å². The third-order valence-electron chi connectivity index (χ3n) is 4.42. The average Bonchev–Trinajstić information content (AvgIpc) is 2.65. The highest BCUT2D eigenvalue weighted by atomic mass is 19.2. The third-order valence-corrected chi connectivity index (χ3v) is 4.42. The van der Waals surface area contributed by atoms with E-state index in [9.17, 15) is 13.6 Å². The minimum Gasteiger partial charge on any atom is -0.492 e. The molecule has 0 aromatic heterocycles. The molecule has 6 nitrogen and oxygen atoms in total. The lowest BCUT2D eigenvalue weighted by atomic mass is 9.93. The van der Waals surface area contributed by atoms with Crippen LogP contribution in [0.1, 0.15) is 19.3 Å². The average molecular weight is 368 g/mol. The quantitative estimate of drug-likeness (QED) is 0.456. The second kappa shape index (κ2) is 9.94. The highest BCUT2D eigenvalue weighted by molar-refractivity contribution is 5.80. The predicted molar refractivity (Wildman–Crippen MR) is 96.2 cm³/mol. The van der Waals surface area contributed by atoms with Crippen molar-refractivity contribution in [1.29, 1.82) is 0 Å². The van der Waals surface area contributed by atoms with Crippen LogP contribution in [0.15, 0.2) is 23.2 Å². The van der Waals surface area contributed by atoms with Gasteiger partial charge in [0.05, 0.1) is 6.54 Å². The van der Waals surface area contributed by atoms with Gasteiger partial charge in [0.15, 0.2) is 17.6 Å². The van der Waals surface area contributed by atoms with Crippen molar-refractivity contribution < 1.29 is 18.3 Å². The minimum absolute atomic E-state index is 0.0836. The maximum absolute atomic E-state index is 13.1. The van der Waals surface area contributed by atoms with E-state index in [4.69, 9.17) is 4.74 Å². The molecule has 1 fully saturated rings. The molecule has 0 aliphatic carbocycles. The topological polar surface area (TPSA) is 66.0 Å². The molecule has 0 radical (unpaired) electrons. The van der Waals surface area contributed by atoms with Crippen molar-refractivity contribution in [2.75, 3.05) is 40.3 Å². The molecule has 0 bridgehead atoms. The highest BCUT2D eigenvalue weighted by Gasteiger charge is 2.22. The van der Waals surface area contributed by atoms with Crippen molar-refractivity contribution in [3.05, 3.63) is 29.8 Å². The Morgan fingerprint density at radius 1 is 1.31 bits per heavy atom. The maximum atomic E-state index is 13.1. The van der Waals surface area contributed by atoms with Crippen LogP contribution in [-0.2, 0) is 4.79 Å². The van der Waals surface area contributed by atoms with Crippen molar-refractivity contribution in [2.45, 2.75) is 19.3 Å². The molecule has 144 valence electrons. The van der Waals surface area contributed by atoms with Crippen LogP contribution in [0.25, 0.3) is 0 Å². The molecule has 2 rings (SSSR count).